The Morgan fingerprint density at radius 3 is 2.59 bits per heavy atom. The fourth-order valence-electron chi connectivity index (χ4n) is 2.57. The second-order valence-electron chi connectivity index (χ2n) is 5.15. The lowest BCUT2D eigenvalue weighted by Crippen LogP contribution is -2.32. The van der Waals surface area contributed by atoms with Gasteiger partial charge in [0, 0.05) is 29.6 Å². The third kappa shape index (κ3) is 4.33. The summed E-state index contributed by atoms with van der Waals surface area (Å²) in [6.45, 7) is 1.87. The van der Waals surface area contributed by atoms with E-state index in [-0.39, 0.29) is 29.1 Å². The molecule has 22 heavy (non-hydrogen) atoms. The molecule has 1 saturated heterocycles. The number of amides is 1. The second kappa shape index (κ2) is 7.28. The molecule has 1 fully saturated rings. The number of thioether (sulfide) groups is 1. The van der Waals surface area contributed by atoms with Crippen molar-refractivity contribution in [1.82, 2.24) is 4.90 Å². The Balaban J connectivity index is 2.22. The van der Waals surface area contributed by atoms with Gasteiger partial charge in [-0.05, 0) is 17.7 Å². The molecule has 2 atom stereocenters. The smallest absolute Gasteiger partial charge is 0.305 e. The lowest BCUT2D eigenvalue weighted by atomic mass is 10.0. The Labute approximate surface area is 141 Å². The Morgan fingerprint density at radius 1 is 1.41 bits per heavy atom. The van der Waals surface area contributed by atoms with Crippen LogP contribution in [0.15, 0.2) is 28.7 Å². The molecule has 118 valence electrons. The van der Waals surface area contributed by atoms with Crippen LogP contribution in [-0.2, 0) is 14.4 Å². The maximum atomic E-state index is 12.2. The first-order valence-electron chi connectivity index (χ1n) is 6.80. The van der Waals surface area contributed by atoms with Crippen LogP contribution in [0.25, 0.3) is 0 Å². The van der Waals surface area contributed by atoms with Crippen LogP contribution in [0.2, 0.25) is 0 Å². The number of likely N-dealkylation sites (tertiary alicyclic amines) is 1. The van der Waals surface area contributed by atoms with Crippen molar-refractivity contribution in [2.24, 2.45) is 0 Å². The van der Waals surface area contributed by atoms with Crippen LogP contribution in [0, 0.1) is 0 Å². The van der Waals surface area contributed by atoms with E-state index in [4.69, 9.17) is 5.11 Å². The molecule has 0 bridgehead atoms. The number of carbonyl (C=O) groups excluding carboxylic acids is 2. The van der Waals surface area contributed by atoms with Gasteiger partial charge < -0.3 is 10.0 Å². The number of aliphatic carboxylic acids is 1. The fourth-order valence-corrected chi connectivity index (χ4v) is 3.77. The van der Waals surface area contributed by atoms with Crippen LogP contribution < -0.4 is 0 Å². The summed E-state index contributed by atoms with van der Waals surface area (Å²) in [5, 5.41) is 9.02. The zero-order chi connectivity index (χ0) is 16.3. The van der Waals surface area contributed by atoms with Crippen molar-refractivity contribution in [3.05, 3.63) is 34.3 Å². The lowest BCUT2D eigenvalue weighted by molar-refractivity contribution is -0.140. The second-order valence-corrected chi connectivity index (χ2v) is 7.54. The summed E-state index contributed by atoms with van der Waals surface area (Å²) in [5.41, 5.74) is 0.785. The van der Waals surface area contributed by atoms with Gasteiger partial charge in [0.15, 0.2) is 5.12 Å². The molecular weight excluding hydrogens is 370 g/mol. The fraction of sp³-hybridized carbons (Fsp3) is 0.400. The van der Waals surface area contributed by atoms with E-state index in [1.54, 1.807) is 4.90 Å². The summed E-state index contributed by atoms with van der Waals surface area (Å²) >= 11 is 4.49. The Kier molecular flexibility index (Phi) is 5.63. The van der Waals surface area contributed by atoms with Crippen molar-refractivity contribution < 1.29 is 19.5 Å². The predicted octanol–water partition coefficient (Wildman–Crippen LogP) is 2.85. The number of carboxylic acid groups (broad SMARTS) is 1. The SMILES string of the molecule is CC(=O)SC1CC(=O)N(C(CC(=O)O)c2ccc(Br)cc2)C1. The number of rotatable bonds is 5. The number of nitrogens with zero attached hydrogens (tertiary/aromatic N) is 1. The van der Waals surface area contributed by atoms with Gasteiger partial charge in [0.05, 0.1) is 12.5 Å². The Morgan fingerprint density at radius 2 is 2.05 bits per heavy atom. The van der Waals surface area contributed by atoms with E-state index in [0.29, 0.717) is 6.54 Å². The molecule has 5 nitrogen and oxygen atoms in total. The zero-order valence-electron chi connectivity index (χ0n) is 12.0. The average molecular weight is 386 g/mol. The molecule has 0 radical (unpaired) electrons. The first-order valence-corrected chi connectivity index (χ1v) is 8.48. The highest BCUT2D eigenvalue weighted by Gasteiger charge is 2.36. The van der Waals surface area contributed by atoms with E-state index in [9.17, 15) is 14.4 Å². The number of hydrogen-bond acceptors (Lipinski definition) is 4. The number of carbonyl (C=O) groups is 3. The Hall–Kier alpha value is -1.34. The third-order valence-corrected chi connectivity index (χ3v) is 4.96. The maximum Gasteiger partial charge on any atom is 0.305 e. The van der Waals surface area contributed by atoms with E-state index < -0.39 is 12.0 Å². The van der Waals surface area contributed by atoms with Crippen LogP contribution >= 0.6 is 27.7 Å². The summed E-state index contributed by atoms with van der Waals surface area (Å²) < 4.78 is 0.892. The first kappa shape index (κ1) is 17.0. The highest BCUT2D eigenvalue weighted by molar-refractivity contribution is 9.10. The van der Waals surface area contributed by atoms with Gasteiger partial charge >= 0.3 is 5.97 Å². The number of halogens is 1. The average Bonchev–Trinajstić information content (AvgIpc) is 2.76. The lowest BCUT2D eigenvalue weighted by Gasteiger charge is -2.27. The van der Waals surface area contributed by atoms with Gasteiger partial charge in [-0.15, -0.1) is 0 Å². The highest BCUT2D eigenvalue weighted by atomic mass is 79.9. The van der Waals surface area contributed by atoms with Crippen LogP contribution in [0.4, 0.5) is 0 Å². The summed E-state index contributed by atoms with van der Waals surface area (Å²) in [5.74, 6) is -1.06. The van der Waals surface area contributed by atoms with Crippen LogP contribution in [0.3, 0.4) is 0 Å². The van der Waals surface area contributed by atoms with E-state index in [2.05, 4.69) is 15.9 Å². The first-order chi connectivity index (χ1) is 10.4. The molecule has 1 N–H and O–H groups in total. The van der Waals surface area contributed by atoms with Gasteiger partial charge in [-0.1, -0.05) is 39.8 Å². The van der Waals surface area contributed by atoms with E-state index in [1.165, 1.54) is 6.92 Å². The molecular formula is C15H16BrNO4S. The summed E-state index contributed by atoms with van der Waals surface area (Å²) in [7, 11) is 0. The highest BCUT2D eigenvalue weighted by Crippen LogP contribution is 2.33. The van der Waals surface area contributed by atoms with Crippen molar-refractivity contribution >= 4 is 44.7 Å². The quantitative estimate of drug-likeness (QED) is 0.843. The molecule has 0 aliphatic carbocycles. The molecule has 1 amide bonds. The van der Waals surface area contributed by atoms with Crippen molar-refractivity contribution in [2.45, 2.75) is 31.1 Å². The topological polar surface area (TPSA) is 74.7 Å². The minimum Gasteiger partial charge on any atom is -0.481 e. The van der Waals surface area contributed by atoms with Crippen LogP contribution in [0.1, 0.15) is 31.4 Å². The van der Waals surface area contributed by atoms with Crippen LogP contribution in [0.5, 0.6) is 0 Å². The van der Waals surface area contributed by atoms with Gasteiger partial charge in [0.2, 0.25) is 5.91 Å². The zero-order valence-corrected chi connectivity index (χ0v) is 14.4. The molecule has 7 heteroatoms. The summed E-state index contributed by atoms with van der Waals surface area (Å²) in [6, 6.07) is 6.78. The minimum absolute atomic E-state index is 0.0296. The van der Waals surface area contributed by atoms with Crippen molar-refractivity contribution in [3.63, 3.8) is 0 Å². The Bertz CT molecular complexity index is 590. The molecule has 2 unspecified atom stereocenters. The number of carboxylic acids is 1. The van der Waals surface area contributed by atoms with Gasteiger partial charge in [-0.2, -0.15) is 0 Å². The monoisotopic (exact) mass is 385 g/mol. The van der Waals surface area contributed by atoms with E-state index in [0.717, 1.165) is 21.8 Å². The van der Waals surface area contributed by atoms with Gasteiger partial charge in [-0.3, -0.25) is 14.4 Å². The predicted molar refractivity (Wildman–Crippen MR) is 87.5 cm³/mol. The largest absolute Gasteiger partial charge is 0.481 e. The molecule has 0 aromatic heterocycles. The van der Waals surface area contributed by atoms with E-state index in [1.807, 2.05) is 24.3 Å². The number of hydrogen-bond donors (Lipinski definition) is 1. The van der Waals surface area contributed by atoms with Crippen molar-refractivity contribution in [1.29, 1.82) is 0 Å². The van der Waals surface area contributed by atoms with Crippen molar-refractivity contribution in [2.75, 3.05) is 6.54 Å². The molecule has 1 aromatic carbocycles. The van der Waals surface area contributed by atoms with Crippen LogP contribution in [-0.4, -0.2) is 38.8 Å². The minimum atomic E-state index is -0.955. The maximum absolute atomic E-state index is 12.2. The summed E-state index contributed by atoms with van der Waals surface area (Å²) in [4.78, 5) is 36.2. The molecule has 2 rings (SSSR count). The van der Waals surface area contributed by atoms with E-state index >= 15 is 0 Å². The number of benzene rings is 1. The molecule has 0 saturated carbocycles. The standard InChI is InChI=1S/C15H16BrNO4S/c1-9(18)22-12-6-14(19)17(8-12)13(7-15(20)21)10-2-4-11(16)5-3-10/h2-5,12-13H,6-8H2,1H3,(H,20,21). The molecule has 1 aromatic rings. The summed E-state index contributed by atoms with van der Waals surface area (Å²) in [6.07, 6.45) is 0.127. The molecule has 1 aliphatic heterocycles. The molecule has 1 aliphatic rings. The molecule has 0 spiro atoms. The van der Waals surface area contributed by atoms with Crippen molar-refractivity contribution in [3.8, 4) is 0 Å². The van der Waals surface area contributed by atoms with Gasteiger partial charge in [0.1, 0.15) is 0 Å². The third-order valence-electron chi connectivity index (χ3n) is 3.45. The van der Waals surface area contributed by atoms with Gasteiger partial charge in [0.25, 0.3) is 0 Å². The molecule has 1 heterocycles. The normalized spacial score (nSPS) is 19.3. The van der Waals surface area contributed by atoms with Gasteiger partial charge in [-0.25, -0.2) is 0 Å².